The van der Waals surface area contributed by atoms with Crippen LogP contribution in [0.5, 0.6) is 5.75 Å². The number of anilines is 3. The minimum atomic E-state index is -0.330. The van der Waals surface area contributed by atoms with E-state index in [1.807, 2.05) is 44.3 Å². The molecule has 1 aliphatic rings. The number of likely N-dealkylation sites (N-methyl/N-ethyl adjacent to an activating group) is 1. The van der Waals surface area contributed by atoms with Crippen LogP contribution >= 0.6 is 0 Å². The van der Waals surface area contributed by atoms with Gasteiger partial charge >= 0.3 is 0 Å². The number of pyridine rings is 1. The zero-order chi connectivity index (χ0) is 22.1. The van der Waals surface area contributed by atoms with E-state index in [2.05, 4.69) is 37.3 Å². The summed E-state index contributed by atoms with van der Waals surface area (Å²) in [6, 6.07) is 18.9. The minimum absolute atomic E-state index is 0. The number of nitrogens with zero attached hydrogens (tertiary/aromatic N) is 4. The van der Waals surface area contributed by atoms with Crippen molar-refractivity contribution in [1.29, 1.82) is 0 Å². The second-order valence-corrected chi connectivity index (χ2v) is 7.74. The lowest BCUT2D eigenvalue weighted by Crippen LogP contribution is -2.34. The van der Waals surface area contributed by atoms with Crippen molar-refractivity contribution in [1.82, 2.24) is 15.0 Å². The fourth-order valence-electron chi connectivity index (χ4n) is 3.87. The molecule has 0 amide bonds. The minimum Gasteiger partial charge on any atom is -0.486 e. The molecule has 1 N–H and O–H groups in total. The molecule has 0 radical (unpaired) electrons. The summed E-state index contributed by atoms with van der Waals surface area (Å²) in [5, 5.41) is 3.10. The third kappa shape index (κ3) is 3.85. The van der Waals surface area contributed by atoms with Crippen LogP contribution in [0.15, 0.2) is 73.1 Å². The molecule has 7 heteroatoms. The Hall–Kier alpha value is -4.00. The zero-order valence-corrected chi connectivity index (χ0v) is 17.8. The smallest absolute Gasteiger partial charge is 0.229 e. The molecule has 0 saturated carbocycles. The molecule has 1 unspecified atom stereocenters. The predicted molar refractivity (Wildman–Crippen MR) is 125 cm³/mol. The van der Waals surface area contributed by atoms with Crippen LogP contribution in [0.3, 0.4) is 0 Å². The van der Waals surface area contributed by atoms with Gasteiger partial charge < -0.3 is 15.0 Å². The van der Waals surface area contributed by atoms with E-state index in [4.69, 9.17) is 4.74 Å². The summed E-state index contributed by atoms with van der Waals surface area (Å²) < 4.78 is 20.7. The number of halogens is 1. The van der Waals surface area contributed by atoms with Gasteiger partial charge in [-0.1, -0.05) is 30.3 Å². The number of hydrogen-bond donors (Lipinski definition) is 1. The third-order valence-corrected chi connectivity index (χ3v) is 5.55. The molecule has 162 valence electrons. The molecule has 0 aliphatic carbocycles. The van der Waals surface area contributed by atoms with Gasteiger partial charge in [0.05, 0.1) is 12.2 Å². The van der Waals surface area contributed by atoms with Gasteiger partial charge in [0.15, 0.2) is 11.6 Å². The first-order valence-electron chi connectivity index (χ1n) is 10.4. The number of aryl methyl sites for hydroxylation is 1. The second kappa shape index (κ2) is 8.26. The van der Waals surface area contributed by atoms with Crippen molar-refractivity contribution in [2.24, 2.45) is 0 Å². The average molecular weight is 429 g/mol. The van der Waals surface area contributed by atoms with E-state index in [0.29, 0.717) is 35.4 Å². The van der Waals surface area contributed by atoms with Crippen LogP contribution in [-0.4, -0.2) is 28.6 Å². The number of rotatable bonds is 4. The fourth-order valence-corrected chi connectivity index (χ4v) is 3.87. The summed E-state index contributed by atoms with van der Waals surface area (Å²) in [4.78, 5) is 15.2. The Balaban J connectivity index is 0.00000259. The number of ether oxygens (including phenoxy) is 1. The molecule has 3 heterocycles. The van der Waals surface area contributed by atoms with E-state index in [1.165, 1.54) is 6.07 Å². The van der Waals surface area contributed by atoms with E-state index in [-0.39, 0.29) is 13.3 Å². The Morgan fingerprint density at radius 2 is 1.94 bits per heavy atom. The lowest BCUT2D eigenvalue weighted by atomic mass is 10.1. The molecule has 4 aromatic rings. The Kier molecular flexibility index (Phi) is 5.15. The van der Waals surface area contributed by atoms with Crippen LogP contribution in [0.25, 0.3) is 11.1 Å². The van der Waals surface area contributed by atoms with Gasteiger partial charge in [0, 0.05) is 31.6 Å². The maximum atomic E-state index is 14.8. The molecule has 0 fully saturated rings. The Morgan fingerprint density at radius 1 is 1.09 bits per heavy atom. The topological polar surface area (TPSA) is 63.2 Å². The normalized spacial score (nSPS) is 15.1. The Morgan fingerprint density at radius 3 is 2.72 bits per heavy atom. The summed E-state index contributed by atoms with van der Waals surface area (Å²) in [7, 11) is 1.99. The quantitative estimate of drug-likeness (QED) is 0.459. The molecule has 1 atom stereocenters. The molecule has 2 aromatic carbocycles. The van der Waals surface area contributed by atoms with Crippen molar-refractivity contribution in [3.8, 4) is 16.9 Å². The van der Waals surface area contributed by atoms with Gasteiger partial charge in [-0.3, -0.25) is 4.98 Å². The van der Waals surface area contributed by atoms with Gasteiger partial charge in [0.1, 0.15) is 12.4 Å². The van der Waals surface area contributed by atoms with Crippen molar-refractivity contribution in [3.63, 3.8) is 0 Å². The highest BCUT2D eigenvalue weighted by Crippen LogP contribution is 2.37. The first-order valence-corrected chi connectivity index (χ1v) is 10.4. The van der Waals surface area contributed by atoms with Gasteiger partial charge in [-0.05, 0) is 48.4 Å². The third-order valence-electron chi connectivity index (χ3n) is 5.55. The maximum Gasteiger partial charge on any atom is 0.229 e. The number of benzene rings is 2. The van der Waals surface area contributed by atoms with Crippen molar-refractivity contribution in [2.75, 3.05) is 23.9 Å². The van der Waals surface area contributed by atoms with Crippen molar-refractivity contribution in [2.45, 2.75) is 13.0 Å². The number of nitrogens with one attached hydrogen (secondary N) is 1. The van der Waals surface area contributed by atoms with Crippen molar-refractivity contribution < 1.29 is 10.6 Å². The lowest BCUT2D eigenvalue weighted by Gasteiger charge is -2.34. The molecule has 1 aliphatic heterocycles. The van der Waals surface area contributed by atoms with Crippen LogP contribution in [0.2, 0.25) is 0 Å². The zero-order valence-electron chi connectivity index (χ0n) is 17.8. The molecule has 5 rings (SSSR count). The number of aromatic nitrogens is 3. The molecule has 2 aromatic heterocycles. The van der Waals surface area contributed by atoms with E-state index in [1.54, 1.807) is 24.5 Å². The monoisotopic (exact) mass is 429 g/mol. The lowest BCUT2D eigenvalue weighted by molar-refractivity contribution is 0.265. The van der Waals surface area contributed by atoms with Crippen molar-refractivity contribution >= 4 is 17.5 Å². The van der Waals surface area contributed by atoms with Gasteiger partial charge in [0.25, 0.3) is 0 Å². The predicted octanol–water partition coefficient (Wildman–Crippen LogP) is 5.55. The highest BCUT2D eigenvalue weighted by molar-refractivity contribution is 5.68. The molecule has 0 spiro atoms. The summed E-state index contributed by atoms with van der Waals surface area (Å²) >= 11 is 0. The summed E-state index contributed by atoms with van der Waals surface area (Å²) in [5.74, 6) is 1.36. The molecular weight excluding hydrogens is 405 g/mol. The molecular formula is C25H24FN5O. The van der Waals surface area contributed by atoms with Crippen LogP contribution in [0.4, 0.5) is 21.8 Å². The summed E-state index contributed by atoms with van der Waals surface area (Å²) in [5.41, 5.74) is 3.86. The van der Waals surface area contributed by atoms with Crippen LogP contribution < -0.4 is 15.0 Å². The molecule has 0 bridgehead atoms. The van der Waals surface area contributed by atoms with Gasteiger partial charge in [0.2, 0.25) is 5.95 Å². The van der Waals surface area contributed by atoms with Gasteiger partial charge in [-0.15, -0.1) is 0 Å². The molecule has 6 nitrogen and oxygen atoms in total. The molecule has 32 heavy (non-hydrogen) atoms. The van der Waals surface area contributed by atoms with Crippen molar-refractivity contribution in [3.05, 3.63) is 90.1 Å². The number of hydrogen-bond acceptors (Lipinski definition) is 6. The fraction of sp³-hybridized carbons (Fsp3) is 0.160. The number of fused-ring (bicyclic) bond motifs is 1. The first-order chi connectivity index (χ1) is 15.6. The van der Waals surface area contributed by atoms with E-state index >= 15 is 0 Å². The van der Waals surface area contributed by atoms with E-state index < -0.39 is 0 Å². The summed E-state index contributed by atoms with van der Waals surface area (Å²) in [6.07, 6.45) is 3.32. The largest absolute Gasteiger partial charge is 0.486 e. The van der Waals surface area contributed by atoms with Gasteiger partial charge in [-0.25, -0.2) is 9.37 Å². The Bertz CT molecular complexity index is 1270. The average Bonchev–Trinajstić information content (AvgIpc) is 2.80. The highest BCUT2D eigenvalue weighted by Gasteiger charge is 2.28. The maximum absolute atomic E-state index is 14.8. The van der Waals surface area contributed by atoms with Crippen LogP contribution in [-0.2, 0) is 0 Å². The SMILES string of the molecule is Cc1cc(-c2ccc(Nc3ncc4c(n3)N(C)C(c3ccccc3)CO4)cc2F)ccn1.[HH]. The standard InChI is InChI=1S/C25H22FN5O.H2/c1-16-12-18(10-11-27-16)20-9-8-19(13-21(20)26)29-25-28-14-23-24(30-25)31(2)22(15-32-23)17-6-4-3-5-7-17;/h3-14,22H,15H2,1-2H3,(H,28,29,30);1H. The van der Waals surface area contributed by atoms with E-state index in [0.717, 1.165) is 16.8 Å². The summed E-state index contributed by atoms with van der Waals surface area (Å²) in [6.45, 7) is 2.40. The van der Waals surface area contributed by atoms with Crippen LogP contribution in [0, 0.1) is 12.7 Å². The second-order valence-electron chi connectivity index (χ2n) is 7.74. The van der Waals surface area contributed by atoms with Crippen LogP contribution in [0.1, 0.15) is 18.7 Å². The Labute approximate surface area is 187 Å². The highest BCUT2D eigenvalue weighted by atomic mass is 19.1. The molecule has 0 saturated heterocycles. The van der Waals surface area contributed by atoms with Gasteiger partial charge in [-0.2, -0.15) is 4.98 Å². The van der Waals surface area contributed by atoms with E-state index in [9.17, 15) is 4.39 Å². The first kappa shape index (κ1) is 19.9.